The quantitative estimate of drug-likeness (QED) is 0.333. The van der Waals surface area contributed by atoms with Crippen LogP contribution in [0.3, 0.4) is 0 Å². The summed E-state index contributed by atoms with van der Waals surface area (Å²) in [5.41, 5.74) is 0. The minimum Gasteiger partial charge on any atom is -0.300 e. The molecular weight excluding hydrogens is 236 g/mol. The van der Waals surface area contributed by atoms with Crippen LogP contribution in [0.4, 0.5) is 0 Å². The SMILES string of the molecule is CC(=O)CC(=O)C=NCCN=CC(=O)CC(C)=O. The standard InChI is InChI=1S/C12H16N2O4/c1-9(15)5-11(17)7-13-3-4-14-8-12(18)6-10(2)16/h7-8H,3-6H2,1-2H3. The first-order valence-corrected chi connectivity index (χ1v) is 5.46. The maximum Gasteiger partial charge on any atom is 0.180 e. The molecule has 0 aliphatic carbocycles. The van der Waals surface area contributed by atoms with Crippen LogP contribution in [0.2, 0.25) is 0 Å². The molecule has 0 heterocycles. The summed E-state index contributed by atoms with van der Waals surface area (Å²) in [4.78, 5) is 50.7. The zero-order chi connectivity index (χ0) is 14.0. The molecule has 0 amide bonds. The Kier molecular flexibility index (Phi) is 8.09. The van der Waals surface area contributed by atoms with Crippen molar-refractivity contribution in [2.24, 2.45) is 9.98 Å². The van der Waals surface area contributed by atoms with Gasteiger partial charge >= 0.3 is 0 Å². The number of hydrogen-bond acceptors (Lipinski definition) is 6. The number of Topliss-reactive ketones (excluding diaryl/α,β-unsaturated/α-hetero) is 4. The number of rotatable bonds is 9. The normalized spacial score (nSPS) is 11.0. The second-order valence-electron chi connectivity index (χ2n) is 3.76. The zero-order valence-corrected chi connectivity index (χ0v) is 10.5. The van der Waals surface area contributed by atoms with E-state index >= 15 is 0 Å². The fourth-order valence-electron chi connectivity index (χ4n) is 1.03. The molecule has 0 aliphatic heterocycles. The average Bonchev–Trinajstić information content (AvgIpc) is 2.20. The predicted molar refractivity (Wildman–Crippen MR) is 67.3 cm³/mol. The molecule has 0 rings (SSSR count). The molecule has 0 N–H and O–H groups in total. The van der Waals surface area contributed by atoms with Gasteiger partial charge in [0.25, 0.3) is 0 Å². The lowest BCUT2D eigenvalue weighted by atomic mass is 10.2. The molecular formula is C12H16N2O4. The van der Waals surface area contributed by atoms with E-state index in [1.165, 1.54) is 13.8 Å². The van der Waals surface area contributed by atoms with Crippen molar-refractivity contribution in [2.45, 2.75) is 26.7 Å². The highest BCUT2D eigenvalue weighted by Crippen LogP contribution is 1.84. The number of carbonyl (C=O) groups is 4. The lowest BCUT2D eigenvalue weighted by Crippen LogP contribution is -2.07. The van der Waals surface area contributed by atoms with Crippen molar-refractivity contribution < 1.29 is 19.2 Å². The highest BCUT2D eigenvalue weighted by molar-refractivity contribution is 6.32. The zero-order valence-electron chi connectivity index (χ0n) is 10.5. The van der Waals surface area contributed by atoms with Crippen LogP contribution < -0.4 is 0 Å². The lowest BCUT2D eigenvalue weighted by Gasteiger charge is -1.90. The summed E-state index contributed by atoms with van der Waals surface area (Å²) in [5.74, 6) is -1.11. The van der Waals surface area contributed by atoms with Crippen LogP contribution in [0.15, 0.2) is 9.98 Å². The van der Waals surface area contributed by atoms with E-state index in [1.54, 1.807) is 0 Å². The number of nitrogens with zero attached hydrogens (tertiary/aromatic N) is 2. The fourth-order valence-corrected chi connectivity index (χ4v) is 1.03. The van der Waals surface area contributed by atoms with Crippen molar-refractivity contribution in [3.63, 3.8) is 0 Å². The first-order chi connectivity index (χ1) is 8.41. The molecule has 0 saturated carbocycles. The summed E-state index contributed by atoms with van der Waals surface area (Å²) in [7, 11) is 0. The Bertz CT molecular complexity index is 359. The van der Waals surface area contributed by atoms with Gasteiger partial charge in [-0.1, -0.05) is 0 Å². The number of carbonyl (C=O) groups excluding carboxylic acids is 4. The van der Waals surface area contributed by atoms with Gasteiger partial charge in [0.15, 0.2) is 11.6 Å². The number of hydrogen-bond donors (Lipinski definition) is 0. The maximum absolute atomic E-state index is 11.0. The molecule has 0 atom stereocenters. The monoisotopic (exact) mass is 252 g/mol. The Labute approximate surface area is 105 Å². The molecule has 0 aliphatic rings. The second-order valence-corrected chi connectivity index (χ2v) is 3.76. The maximum atomic E-state index is 11.0. The first kappa shape index (κ1) is 16.0. The Hall–Kier alpha value is -1.98. The Morgan fingerprint density at radius 2 is 1.11 bits per heavy atom. The van der Waals surface area contributed by atoms with Crippen molar-refractivity contribution in [3.05, 3.63) is 0 Å². The number of aliphatic imine (C=N–C) groups is 2. The van der Waals surface area contributed by atoms with Crippen molar-refractivity contribution in [2.75, 3.05) is 13.1 Å². The highest BCUT2D eigenvalue weighted by atomic mass is 16.2. The van der Waals surface area contributed by atoms with Gasteiger partial charge in [0.1, 0.15) is 11.6 Å². The van der Waals surface area contributed by atoms with Gasteiger partial charge in [-0.15, -0.1) is 0 Å². The van der Waals surface area contributed by atoms with Crippen LogP contribution in [0.1, 0.15) is 26.7 Å². The third-order valence-corrected chi connectivity index (χ3v) is 1.68. The van der Waals surface area contributed by atoms with Crippen LogP contribution in [0.5, 0.6) is 0 Å². The molecule has 6 heteroatoms. The van der Waals surface area contributed by atoms with Crippen LogP contribution in [-0.4, -0.2) is 48.7 Å². The Morgan fingerprint density at radius 3 is 1.39 bits per heavy atom. The van der Waals surface area contributed by atoms with E-state index < -0.39 is 0 Å². The van der Waals surface area contributed by atoms with Gasteiger partial charge in [-0.25, -0.2) is 0 Å². The molecule has 6 nitrogen and oxygen atoms in total. The number of ketones is 4. The minimum absolute atomic E-state index is 0.149. The molecule has 0 unspecified atom stereocenters. The van der Waals surface area contributed by atoms with Crippen molar-refractivity contribution in [1.82, 2.24) is 0 Å². The third kappa shape index (κ3) is 10.5. The Morgan fingerprint density at radius 1 is 0.778 bits per heavy atom. The van der Waals surface area contributed by atoms with E-state index in [0.29, 0.717) is 0 Å². The summed E-state index contributed by atoms with van der Waals surface area (Å²) in [5, 5.41) is 0. The molecule has 98 valence electrons. The first-order valence-electron chi connectivity index (χ1n) is 5.46. The van der Waals surface area contributed by atoms with Crippen LogP contribution in [0.25, 0.3) is 0 Å². The molecule has 0 fully saturated rings. The van der Waals surface area contributed by atoms with Gasteiger partial charge in [0.05, 0.1) is 38.4 Å². The van der Waals surface area contributed by atoms with Crippen LogP contribution >= 0.6 is 0 Å². The Balaban J connectivity index is 3.79. The van der Waals surface area contributed by atoms with Crippen LogP contribution in [-0.2, 0) is 19.2 Å². The van der Waals surface area contributed by atoms with Gasteiger partial charge in [-0.05, 0) is 13.8 Å². The summed E-state index contributed by atoms with van der Waals surface area (Å²) >= 11 is 0. The summed E-state index contributed by atoms with van der Waals surface area (Å²) in [6.07, 6.45) is 1.89. The van der Waals surface area contributed by atoms with Crippen LogP contribution in [0, 0.1) is 0 Å². The van der Waals surface area contributed by atoms with Crippen molar-refractivity contribution in [1.29, 1.82) is 0 Å². The largest absolute Gasteiger partial charge is 0.300 e. The second kappa shape index (κ2) is 9.09. The molecule has 0 aromatic carbocycles. The summed E-state index contributed by atoms with van der Waals surface area (Å²) in [6.45, 7) is 3.17. The third-order valence-electron chi connectivity index (χ3n) is 1.68. The van der Waals surface area contributed by atoms with Gasteiger partial charge in [-0.3, -0.25) is 29.2 Å². The van der Waals surface area contributed by atoms with E-state index in [-0.39, 0.29) is 49.1 Å². The molecule has 0 saturated heterocycles. The van der Waals surface area contributed by atoms with E-state index in [2.05, 4.69) is 9.98 Å². The van der Waals surface area contributed by atoms with E-state index in [4.69, 9.17) is 0 Å². The fraction of sp³-hybridized carbons (Fsp3) is 0.500. The minimum atomic E-state index is -0.348. The van der Waals surface area contributed by atoms with Gasteiger partial charge in [0.2, 0.25) is 0 Å². The molecule has 0 aromatic heterocycles. The smallest absolute Gasteiger partial charge is 0.180 e. The lowest BCUT2D eigenvalue weighted by molar-refractivity contribution is -0.124. The van der Waals surface area contributed by atoms with Gasteiger partial charge < -0.3 is 0 Å². The summed E-state index contributed by atoms with van der Waals surface area (Å²) < 4.78 is 0. The van der Waals surface area contributed by atoms with E-state index in [1.807, 2.05) is 0 Å². The van der Waals surface area contributed by atoms with E-state index in [0.717, 1.165) is 12.4 Å². The molecule has 0 spiro atoms. The van der Waals surface area contributed by atoms with Gasteiger partial charge in [0, 0.05) is 0 Å². The summed E-state index contributed by atoms with van der Waals surface area (Å²) in [6, 6.07) is 0. The average molecular weight is 252 g/mol. The molecule has 0 bridgehead atoms. The molecule has 0 aromatic rings. The molecule has 0 radical (unpaired) electrons. The predicted octanol–water partition coefficient (Wildman–Crippen LogP) is 0.224. The topological polar surface area (TPSA) is 93.0 Å². The van der Waals surface area contributed by atoms with Gasteiger partial charge in [-0.2, -0.15) is 0 Å². The van der Waals surface area contributed by atoms with Crippen molar-refractivity contribution >= 4 is 35.6 Å². The highest BCUT2D eigenvalue weighted by Gasteiger charge is 2.01. The van der Waals surface area contributed by atoms with E-state index in [9.17, 15) is 19.2 Å². The van der Waals surface area contributed by atoms with Crippen molar-refractivity contribution in [3.8, 4) is 0 Å². The molecule has 18 heavy (non-hydrogen) atoms.